The fraction of sp³-hybridized carbons (Fsp3) is 0.333. The van der Waals surface area contributed by atoms with Crippen LogP contribution in [0.25, 0.3) is 0 Å². The quantitative estimate of drug-likeness (QED) is 0.480. The summed E-state index contributed by atoms with van der Waals surface area (Å²) in [6.07, 6.45) is 0.907. The highest BCUT2D eigenvalue weighted by molar-refractivity contribution is 7.09. The molecule has 0 spiro atoms. The van der Waals surface area contributed by atoms with E-state index in [4.69, 9.17) is 9.72 Å². The molecule has 1 amide bonds. The molecule has 2 aromatic carbocycles. The lowest BCUT2D eigenvalue weighted by molar-refractivity contribution is 0.0740. The van der Waals surface area contributed by atoms with Crippen LogP contribution < -0.4 is 4.74 Å². The van der Waals surface area contributed by atoms with E-state index in [1.165, 1.54) is 5.56 Å². The van der Waals surface area contributed by atoms with Crippen LogP contribution in [0.3, 0.4) is 0 Å². The van der Waals surface area contributed by atoms with Gasteiger partial charge in [-0.3, -0.25) is 4.79 Å². The number of aromatic nitrogens is 1. The van der Waals surface area contributed by atoms with Gasteiger partial charge in [0, 0.05) is 17.5 Å². The Kier molecular flexibility index (Phi) is 7.04. The van der Waals surface area contributed by atoms with Crippen LogP contribution in [-0.2, 0) is 13.2 Å². The van der Waals surface area contributed by atoms with Crippen LogP contribution in [0.4, 0.5) is 0 Å². The lowest BCUT2D eigenvalue weighted by atomic mass is 10.1. The SMILES string of the molecule is CCCN(Cc1csc(COc2cccc(C)c2C)n1)C(=O)c1ccccc1C. The van der Waals surface area contributed by atoms with Gasteiger partial charge in [-0.05, 0) is 56.0 Å². The molecule has 0 radical (unpaired) electrons. The molecule has 29 heavy (non-hydrogen) atoms. The first kappa shape index (κ1) is 21.1. The summed E-state index contributed by atoms with van der Waals surface area (Å²) in [7, 11) is 0. The fourth-order valence-corrected chi connectivity index (χ4v) is 3.91. The van der Waals surface area contributed by atoms with Crippen LogP contribution in [0.1, 0.15) is 51.1 Å². The van der Waals surface area contributed by atoms with Gasteiger partial charge in [0.15, 0.2) is 0 Å². The number of amides is 1. The standard InChI is InChI=1S/C24H28N2O2S/c1-5-13-26(24(27)21-11-7-6-9-18(21)3)14-20-16-29-23(25-20)15-28-22-12-8-10-17(2)19(22)4/h6-12,16H,5,13-15H2,1-4H3. The zero-order chi connectivity index (χ0) is 20.8. The van der Waals surface area contributed by atoms with Crippen LogP contribution in [0.2, 0.25) is 0 Å². The number of benzene rings is 2. The smallest absolute Gasteiger partial charge is 0.254 e. The molecule has 0 atom stereocenters. The van der Waals surface area contributed by atoms with E-state index in [9.17, 15) is 4.79 Å². The van der Waals surface area contributed by atoms with Gasteiger partial charge in [0.1, 0.15) is 17.4 Å². The average molecular weight is 409 g/mol. The van der Waals surface area contributed by atoms with E-state index in [-0.39, 0.29) is 5.91 Å². The zero-order valence-corrected chi connectivity index (χ0v) is 18.4. The summed E-state index contributed by atoms with van der Waals surface area (Å²) in [5.41, 5.74) is 5.04. The molecule has 5 heteroatoms. The van der Waals surface area contributed by atoms with Crippen LogP contribution in [-0.4, -0.2) is 22.3 Å². The highest BCUT2D eigenvalue weighted by Crippen LogP contribution is 2.23. The zero-order valence-electron chi connectivity index (χ0n) is 17.6. The van der Waals surface area contributed by atoms with Crippen molar-refractivity contribution in [2.45, 2.75) is 47.3 Å². The molecular weight excluding hydrogens is 380 g/mol. The Bertz CT molecular complexity index is 981. The number of carbonyl (C=O) groups is 1. The third-order valence-electron chi connectivity index (χ3n) is 5.01. The number of aryl methyl sites for hydroxylation is 2. The maximum Gasteiger partial charge on any atom is 0.254 e. The molecule has 1 heterocycles. The number of rotatable bonds is 8. The highest BCUT2D eigenvalue weighted by atomic mass is 32.1. The third kappa shape index (κ3) is 5.24. The lowest BCUT2D eigenvalue weighted by Crippen LogP contribution is -2.32. The van der Waals surface area contributed by atoms with Crippen molar-refractivity contribution in [2.75, 3.05) is 6.54 Å². The van der Waals surface area contributed by atoms with E-state index in [0.717, 1.165) is 39.6 Å². The van der Waals surface area contributed by atoms with Crippen LogP contribution >= 0.6 is 11.3 Å². The second-order valence-electron chi connectivity index (χ2n) is 7.26. The fourth-order valence-electron chi connectivity index (χ4n) is 3.21. The Hall–Kier alpha value is -2.66. The van der Waals surface area contributed by atoms with Gasteiger partial charge >= 0.3 is 0 Å². The lowest BCUT2D eigenvalue weighted by Gasteiger charge is -2.22. The minimum absolute atomic E-state index is 0.0612. The van der Waals surface area contributed by atoms with Crippen molar-refractivity contribution in [2.24, 2.45) is 0 Å². The number of hydrogen-bond donors (Lipinski definition) is 0. The summed E-state index contributed by atoms with van der Waals surface area (Å²) in [5, 5.41) is 2.94. The number of nitrogens with zero attached hydrogens (tertiary/aromatic N) is 2. The molecule has 0 unspecified atom stereocenters. The van der Waals surface area contributed by atoms with Crippen LogP contribution in [0.5, 0.6) is 5.75 Å². The Morgan fingerprint density at radius 1 is 1.07 bits per heavy atom. The molecule has 0 N–H and O–H groups in total. The van der Waals surface area contributed by atoms with E-state index in [1.807, 2.05) is 53.6 Å². The van der Waals surface area contributed by atoms with E-state index in [0.29, 0.717) is 19.7 Å². The molecule has 1 aromatic heterocycles. The normalized spacial score (nSPS) is 10.8. The van der Waals surface area contributed by atoms with Gasteiger partial charge in [0.05, 0.1) is 12.2 Å². The second kappa shape index (κ2) is 9.70. The van der Waals surface area contributed by atoms with Crippen molar-refractivity contribution in [3.63, 3.8) is 0 Å². The second-order valence-corrected chi connectivity index (χ2v) is 8.20. The first-order chi connectivity index (χ1) is 14.0. The van der Waals surface area contributed by atoms with Crippen molar-refractivity contribution < 1.29 is 9.53 Å². The van der Waals surface area contributed by atoms with Crippen molar-refractivity contribution >= 4 is 17.2 Å². The molecular formula is C24H28N2O2S. The molecule has 152 valence electrons. The average Bonchev–Trinajstić information content (AvgIpc) is 3.16. The molecule has 3 rings (SSSR count). The number of ether oxygens (including phenoxy) is 1. The van der Waals surface area contributed by atoms with E-state index in [1.54, 1.807) is 11.3 Å². The summed E-state index contributed by atoms with van der Waals surface area (Å²) >= 11 is 1.58. The van der Waals surface area contributed by atoms with E-state index >= 15 is 0 Å². The van der Waals surface area contributed by atoms with Crippen molar-refractivity contribution in [3.8, 4) is 5.75 Å². The predicted octanol–water partition coefficient (Wildman–Crippen LogP) is 5.70. The summed E-state index contributed by atoms with van der Waals surface area (Å²) in [6.45, 7) is 9.87. The minimum Gasteiger partial charge on any atom is -0.486 e. The number of thiazole rings is 1. The third-order valence-corrected chi connectivity index (χ3v) is 5.89. The Morgan fingerprint density at radius 2 is 1.83 bits per heavy atom. The van der Waals surface area contributed by atoms with Gasteiger partial charge in [0.2, 0.25) is 0 Å². The number of carbonyl (C=O) groups excluding carboxylic acids is 1. The van der Waals surface area contributed by atoms with Crippen LogP contribution in [0, 0.1) is 20.8 Å². The summed E-state index contributed by atoms with van der Waals surface area (Å²) in [5.74, 6) is 0.954. The topological polar surface area (TPSA) is 42.4 Å². The van der Waals surface area contributed by atoms with Gasteiger partial charge < -0.3 is 9.64 Å². The minimum atomic E-state index is 0.0612. The predicted molar refractivity (Wildman–Crippen MR) is 119 cm³/mol. The maximum atomic E-state index is 13.0. The van der Waals surface area contributed by atoms with E-state index in [2.05, 4.69) is 26.8 Å². The van der Waals surface area contributed by atoms with Gasteiger partial charge in [0.25, 0.3) is 5.91 Å². The van der Waals surface area contributed by atoms with Crippen molar-refractivity contribution in [1.82, 2.24) is 9.88 Å². The molecule has 0 fully saturated rings. The Balaban J connectivity index is 1.67. The largest absolute Gasteiger partial charge is 0.486 e. The van der Waals surface area contributed by atoms with Crippen molar-refractivity contribution in [3.05, 3.63) is 80.8 Å². The Labute approximate surface area is 177 Å². The molecule has 0 aliphatic carbocycles. The van der Waals surface area contributed by atoms with Gasteiger partial charge in [-0.25, -0.2) is 4.98 Å². The van der Waals surface area contributed by atoms with Gasteiger partial charge in [-0.2, -0.15) is 0 Å². The van der Waals surface area contributed by atoms with Gasteiger partial charge in [-0.15, -0.1) is 11.3 Å². The van der Waals surface area contributed by atoms with Crippen LogP contribution in [0.15, 0.2) is 47.8 Å². The molecule has 0 saturated heterocycles. The molecule has 0 aliphatic rings. The van der Waals surface area contributed by atoms with E-state index < -0.39 is 0 Å². The van der Waals surface area contributed by atoms with Crippen molar-refractivity contribution in [1.29, 1.82) is 0 Å². The summed E-state index contributed by atoms with van der Waals surface area (Å²) in [6, 6.07) is 13.8. The maximum absolute atomic E-state index is 13.0. The molecule has 3 aromatic rings. The Morgan fingerprint density at radius 3 is 2.59 bits per heavy atom. The first-order valence-corrected chi connectivity index (χ1v) is 10.8. The first-order valence-electron chi connectivity index (χ1n) is 9.96. The molecule has 0 saturated carbocycles. The molecule has 0 aliphatic heterocycles. The summed E-state index contributed by atoms with van der Waals surface area (Å²) < 4.78 is 5.97. The highest BCUT2D eigenvalue weighted by Gasteiger charge is 2.18. The molecule has 4 nitrogen and oxygen atoms in total. The monoisotopic (exact) mass is 408 g/mol. The van der Waals surface area contributed by atoms with Gasteiger partial charge in [-0.1, -0.05) is 37.3 Å². The molecule has 0 bridgehead atoms. The summed E-state index contributed by atoms with van der Waals surface area (Å²) in [4.78, 5) is 19.6. The number of hydrogen-bond acceptors (Lipinski definition) is 4.